The number of benzene rings is 1. The van der Waals surface area contributed by atoms with Gasteiger partial charge in [-0.05, 0) is 49.0 Å². The van der Waals surface area contributed by atoms with Gasteiger partial charge in [-0.2, -0.15) is 11.8 Å². The number of carboxylic acid groups (broad SMARTS) is 1. The second kappa shape index (κ2) is 6.68. The minimum atomic E-state index is -3.71. The molecule has 0 aliphatic carbocycles. The Morgan fingerprint density at radius 2 is 2.00 bits per heavy atom. The van der Waals surface area contributed by atoms with Crippen LogP contribution in [0.2, 0.25) is 0 Å². The highest BCUT2D eigenvalue weighted by Gasteiger charge is 2.24. The van der Waals surface area contributed by atoms with E-state index < -0.39 is 16.0 Å². The van der Waals surface area contributed by atoms with Gasteiger partial charge in [0.1, 0.15) is 0 Å². The van der Waals surface area contributed by atoms with Crippen LogP contribution in [-0.4, -0.2) is 37.0 Å². The predicted molar refractivity (Wildman–Crippen MR) is 86.5 cm³/mol. The van der Waals surface area contributed by atoms with Crippen molar-refractivity contribution in [3.63, 3.8) is 0 Å². The molecule has 1 aromatic carbocycles. The van der Waals surface area contributed by atoms with Crippen LogP contribution in [-0.2, 0) is 10.0 Å². The van der Waals surface area contributed by atoms with Gasteiger partial charge in [-0.15, -0.1) is 0 Å². The molecule has 116 valence electrons. The van der Waals surface area contributed by atoms with Crippen LogP contribution in [0.15, 0.2) is 21.5 Å². The normalized spacial score (nSPS) is 16.9. The summed E-state index contributed by atoms with van der Waals surface area (Å²) in [6, 6.07) is 2.58. The summed E-state index contributed by atoms with van der Waals surface area (Å²) in [5.74, 6) is 0.732. The standard InChI is InChI=1S/C13H16BrNO4S2/c1-8-11(13(16)17)6-10(7-12(8)14)21(18,19)15-9-2-4-20-5-3-9/h6-7,9,15H,2-5H2,1H3,(H,16,17). The van der Waals surface area contributed by atoms with Crippen molar-refractivity contribution in [1.29, 1.82) is 0 Å². The van der Waals surface area contributed by atoms with E-state index in [1.54, 1.807) is 6.92 Å². The van der Waals surface area contributed by atoms with E-state index in [0.717, 1.165) is 24.3 Å². The highest BCUT2D eigenvalue weighted by Crippen LogP contribution is 2.26. The summed E-state index contributed by atoms with van der Waals surface area (Å²) in [6.45, 7) is 1.63. The Hall–Kier alpha value is -0.570. The van der Waals surface area contributed by atoms with Gasteiger partial charge in [0.05, 0.1) is 10.5 Å². The van der Waals surface area contributed by atoms with Gasteiger partial charge in [0, 0.05) is 10.5 Å². The fraction of sp³-hybridized carbons (Fsp3) is 0.462. The van der Waals surface area contributed by atoms with Crippen molar-refractivity contribution in [2.75, 3.05) is 11.5 Å². The molecule has 1 heterocycles. The summed E-state index contributed by atoms with van der Waals surface area (Å²) in [4.78, 5) is 11.2. The van der Waals surface area contributed by atoms with Crippen LogP contribution in [0.5, 0.6) is 0 Å². The van der Waals surface area contributed by atoms with Crippen molar-refractivity contribution in [1.82, 2.24) is 4.72 Å². The van der Waals surface area contributed by atoms with Gasteiger partial charge in [-0.3, -0.25) is 0 Å². The van der Waals surface area contributed by atoms with Crippen LogP contribution in [0.1, 0.15) is 28.8 Å². The summed E-state index contributed by atoms with van der Waals surface area (Å²) in [5, 5.41) is 9.16. The molecule has 0 unspecified atom stereocenters. The maximum Gasteiger partial charge on any atom is 0.336 e. The Kier molecular flexibility index (Phi) is 5.34. The topological polar surface area (TPSA) is 83.5 Å². The van der Waals surface area contributed by atoms with E-state index in [2.05, 4.69) is 20.7 Å². The molecule has 0 radical (unpaired) electrons. The minimum Gasteiger partial charge on any atom is -0.478 e. The van der Waals surface area contributed by atoms with E-state index >= 15 is 0 Å². The third-order valence-electron chi connectivity index (χ3n) is 3.40. The van der Waals surface area contributed by atoms with Gasteiger partial charge >= 0.3 is 5.97 Å². The molecule has 5 nitrogen and oxygen atoms in total. The van der Waals surface area contributed by atoms with Gasteiger partial charge in [0.15, 0.2) is 0 Å². The lowest BCUT2D eigenvalue weighted by Crippen LogP contribution is -2.37. The fourth-order valence-corrected chi connectivity index (χ4v) is 5.21. The van der Waals surface area contributed by atoms with Crippen molar-refractivity contribution in [3.05, 3.63) is 27.7 Å². The highest BCUT2D eigenvalue weighted by molar-refractivity contribution is 9.10. The highest BCUT2D eigenvalue weighted by atomic mass is 79.9. The molecule has 0 spiro atoms. The summed E-state index contributed by atoms with van der Waals surface area (Å²) in [6.07, 6.45) is 1.59. The Bertz CT molecular complexity index is 654. The summed E-state index contributed by atoms with van der Waals surface area (Å²) >= 11 is 5.04. The molecule has 1 aliphatic rings. The number of rotatable bonds is 4. The molecule has 0 amide bonds. The molecule has 2 rings (SSSR count). The maximum atomic E-state index is 12.4. The number of nitrogens with one attached hydrogen (secondary N) is 1. The smallest absolute Gasteiger partial charge is 0.336 e. The number of sulfonamides is 1. The van der Waals surface area contributed by atoms with Crippen molar-refractivity contribution < 1.29 is 18.3 Å². The number of halogens is 1. The molecule has 1 aliphatic heterocycles. The molecule has 21 heavy (non-hydrogen) atoms. The Labute approximate surface area is 136 Å². The van der Waals surface area contributed by atoms with Crippen LogP contribution in [0.25, 0.3) is 0 Å². The first kappa shape index (κ1) is 16.8. The molecular formula is C13H16BrNO4S2. The first-order valence-corrected chi connectivity index (χ1v) is 9.88. The van der Waals surface area contributed by atoms with Crippen molar-refractivity contribution >= 4 is 43.7 Å². The predicted octanol–water partition coefficient (Wildman–Crippen LogP) is 2.63. The van der Waals surface area contributed by atoms with Gasteiger partial charge < -0.3 is 5.11 Å². The van der Waals surface area contributed by atoms with Crippen molar-refractivity contribution in [3.8, 4) is 0 Å². The van der Waals surface area contributed by atoms with Gasteiger partial charge in [-0.1, -0.05) is 15.9 Å². The third kappa shape index (κ3) is 4.00. The van der Waals surface area contributed by atoms with Gasteiger partial charge in [0.2, 0.25) is 10.0 Å². The molecule has 0 saturated carbocycles. The lowest BCUT2D eigenvalue weighted by molar-refractivity contribution is 0.0695. The average molecular weight is 394 g/mol. The molecule has 0 bridgehead atoms. The number of carbonyl (C=O) groups is 1. The summed E-state index contributed by atoms with van der Waals surface area (Å²) in [7, 11) is -3.71. The first-order valence-electron chi connectivity index (χ1n) is 6.45. The van der Waals surface area contributed by atoms with E-state index in [1.807, 2.05) is 11.8 Å². The van der Waals surface area contributed by atoms with E-state index in [9.17, 15) is 13.2 Å². The molecule has 2 N–H and O–H groups in total. The van der Waals surface area contributed by atoms with Gasteiger partial charge in [-0.25, -0.2) is 17.9 Å². The minimum absolute atomic E-state index is 0.0102. The zero-order valence-electron chi connectivity index (χ0n) is 11.4. The molecule has 0 atom stereocenters. The fourth-order valence-electron chi connectivity index (χ4n) is 2.13. The summed E-state index contributed by atoms with van der Waals surface area (Å²) < 4.78 is 28.0. The second-order valence-corrected chi connectivity index (χ2v) is 8.68. The molecule has 0 aromatic heterocycles. The zero-order valence-corrected chi connectivity index (χ0v) is 14.6. The van der Waals surface area contributed by atoms with Crippen LogP contribution in [0, 0.1) is 6.92 Å². The summed E-state index contributed by atoms with van der Waals surface area (Å²) in [5.41, 5.74) is 0.500. The molecule has 1 saturated heterocycles. The molecule has 1 aromatic rings. The lowest BCUT2D eigenvalue weighted by Gasteiger charge is -2.22. The van der Waals surface area contributed by atoms with E-state index in [-0.39, 0.29) is 16.5 Å². The Balaban J connectivity index is 2.33. The lowest BCUT2D eigenvalue weighted by atomic mass is 10.1. The Morgan fingerprint density at radius 3 is 2.57 bits per heavy atom. The van der Waals surface area contributed by atoms with Crippen molar-refractivity contribution in [2.45, 2.75) is 30.7 Å². The quantitative estimate of drug-likeness (QED) is 0.821. The maximum absolute atomic E-state index is 12.4. The van der Waals surface area contributed by atoms with E-state index in [4.69, 9.17) is 5.11 Å². The zero-order chi connectivity index (χ0) is 15.6. The number of aromatic carboxylic acids is 1. The second-order valence-electron chi connectivity index (χ2n) is 4.89. The molecule has 8 heteroatoms. The number of hydrogen-bond acceptors (Lipinski definition) is 4. The SMILES string of the molecule is Cc1c(Br)cc(S(=O)(=O)NC2CCSCC2)cc1C(=O)O. The van der Waals surface area contributed by atoms with Gasteiger partial charge in [0.25, 0.3) is 0 Å². The monoisotopic (exact) mass is 393 g/mol. The average Bonchev–Trinajstić information content (AvgIpc) is 2.41. The number of carboxylic acids is 1. The Morgan fingerprint density at radius 1 is 1.38 bits per heavy atom. The number of thioether (sulfide) groups is 1. The van der Waals surface area contributed by atoms with Crippen LogP contribution in [0.3, 0.4) is 0 Å². The van der Waals surface area contributed by atoms with E-state index in [0.29, 0.717) is 10.0 Å². The van der Waals surface area contributed by atoms with Crippen LogP contribution in [0.4, 0.5) is 0 Å². The van der Waals surface area contributed by atoms with Crippen LogP contribution < -0.4 is 4.72 Å². The van der Waals surface area contributed by atoms with Crippen LogP contribution >= 0.6 is 27.7 Å². The number of hydrogen-bond donors (Lipinski definition) is 2. The molecule has 1 fully saturated rings. The largest absolute Gasteiger partial charge is 0.478 e. The molecular weight excluding hydrogens is 378 g/mol. The third-order valence-corrected chi connectivity index (χ3v) is 6.77. The first-order chi connectivity index (χ1) is 9.81. The van der Waals surface area contributed by atoms with Crippen molar-refractivity contribution in [2.24, 2.45) is 0 Å². The van der Waals surface area contributed by atoms with E-state index in [1.165, 1.54) is 12.1 Å².